The summed E-state index contributed by atoms with van der Waals surface area (Å²) in [5, 5.41) is 0. The van der Waals surface area contributed by atoms with Gasteiger partial charge in [-0.2, -0.15) is 0 Å². The predicted molar refractivity (Wildman–Crippen MR) is 94.8 cm³/mol. The number of aromatic nitrogens is 2. The standard InChI is InChI=1S/C18H21N3O3/c1-4-7-24-17-15(22-2)8-11(9-16(17)23-3)18-20-13-6-5-12(19)10-14(13)21-18/h5-6,8-10H,4,7,19H2,1-3H3,(H,20,21). The summed E-state index contributed by atoms with van der Waals surface area (Å²) in [7, 11) is 3.22. The van der Waals surface area contributed by atoms with Crippen LogP contribution in [-0.4, -0.2) is 30.8 Å². The molecule has 0 spiro atoms. The average molecular weight is 327 g/mol. The highest BCUT2D eigenvalue weighted by Crippen LogP contribution is 2.41. The van der Waals surface area contributed by atoms with Gasteiger partial charge >= 0.3 is 0 Å². The number of nitrogen functional groups attached to an aromatic ring is 1. The number of ether oxygens (including phenoxy) is 3. The van der Waals surface area contributed by atoms with E-state index in [1.165, 1.54) is 0 Å². The lowest BCUT2D eigenvalue weighted by Crippen LogP contribution is -2.01. The first kappa shape index (κ1) is 16.0. The van der Waals surface area contributed by atoms with E-state index in [1.807, 2.05) is 37.3 Å². The molecular weight excluding hydrogens is 306 g/mol. The highest BCUT2D eigenvalue weighted by Gasteiger charge is 2.16. The van der Waals surface area contributed by atoms with Crippen LogP contribution in [0.2, 0.25) is 0 Å². The molecule has 6 heteroatoms. The minimum atomic E-state index is 0.593. The number of imidazole rings is 1. The third-order valence-corrected chi connectivity index (χ3v) is 3.69. The summed E-state index contributed by atoms with van der Waals surface area (Å²) in [6.45, 7) is 2.64. The van der Waals surface area contributed by atoms with Crippen molar-refractivity contribution < 1.29 is 14.2 Å². The first-order valence-electron chi connectivity index (χ1n) is 7.80. The molecule has 126 valence electrons. The van der Waals surface area contributed by atoms with Crippen LogP contribution in [0.25, 0.3) is 22.4 Å². The van der Waals surface area contributed by atoms with Crippen molar-refractivity contribution in [1.82, 2.24) is 9.97 Å². The monoisotopic (exact) mass is 327 g/mol. The molecule has 0 fully saturated rings. The summed E-state index contributed by atoms with van der Waals surface area (Å²) in [5.74, 6) is 2.54. The van der Waals surface area contributed by atoms with Crippen LogP contribution in [0.15, 0.2) is 30.3 Å². The van der Waals surface area contributed by atoms with Crippen LogP contribution >= 0.6 is 0 Å². The van der Waals surface area contributed by atoms with E-state index in [0.717, 1.165) is 23.0 Å². The van der Waals surface area contributed by atoms with Crippen molar-refractivity contribution in [3.8, 4) is 28.6 Å². The quantitative estimate of drug-likeness (QED) is 0.676. The Morgan fingerprint density at radius 2 is 1.79 bits per heavy atom. The Labute approximate surface area is 140 Å². The Balaban J connectivity index is 2.09. The molecule has 3 aromatic rings. The molecule has 2 aromatic carbocycles. The highest BCUT2D eigenvalue weighted by molar-refractivity contribution is 5.83. The Hall–Kier alpha value is -2.89. The largest absolute Gasteiger partial charge is 0.493 e. The van der Waals surface area contributed by atoms with Crippen molar-refractivity contribution in [2.75, 3.05) is 26.6 Å². The lowest BCUT2D eigenvalue weighted by atomic mass is 10.1. The summed E-state index contributed by atoms with van der Waals surface area (Å²) in [5.41, 5.74) is 9.10. The summed E-state index contributed by atoms with van der Waals surface area (Å²) >= 11 is 0. The first-order chi connectivity index (χ1) is 11.7. The molecule has 3 rings (SSSR count). The predicted octanol–water partition coefficient (Wildman–Crippen LogP) is 3.62. The molecule has 0 bridgehead atoms. The van der Waals surface area contributed by atoms with Gasteiger partial charge in [0.05, 0.1) is 31.9 Å². The molecule has 6 nitrogen and oxygen atoms in total. The van der Waals surface area contributed by atoms with Crippen LogP contribution in [0.5, 0.6) is 17.2 Å². The van der Waals surface area contributed by atoms with E-state index >= 15 is 0 Å². The van der Waals surface area contributed by atoms with Crippen molar-refractivity contribution in [2.45, 2.75) is 13.3 Å². The third-order valence-electron chi connectivity index (χ3n) is 3.69. The van der Waals surface area contributed by atoms with Gasteiger partial charge in [-0.3, -0.25) is 0 Å². The van der Waals surface area contributed by atoms with Crippen LogP contribution in [0.4, 0.5) is 5.69 Å². The number of H-pyrrole nitrogens is 1. The molecule has 24 heavy (non-hydrogen) atoms. The van der Waals surface area contributed by atoms with Crippen molar-refractivity contribution in [2.24, 2.45) is 0 Å². The Morgan fingerprint density at radius 3 is 2.42 bits per heavy atom. The van der Waals surface area contributed by atoms with E-state index in [4.69, 9.17) is 19.9 Å². The highest BCUT2D eigenvalue weighted by atomic mass is 16.5. The number of nitrogens with one attached hydrogen (secondary N) is 1. The van der Waals surface area contributed by atoms with E-state index < -0.39 is 0 Å². The second-order valence-electron chi connectivity index (χ2n) is 5.42. The maximum absolute atomic E-state index is 5.83. The number of methoxy groups -OCH3 is 2. The molecule has 0 radical (unpaired) electrons. The SMILES string of the molecule is CCCOc1c(OC)cc(-c2nc3ccc(N)cc3[nH]2)cc1OC. The molecule has 0 saturated carbocycles. The van der Waals surface area contributed by atoms with Crippen molar-refractivity contribution in [3.63, 3.8) is 0 Å². The van der Waals surface area contributed by atoms with Crippen LogP contribution < -0.4 is 19.9 Å². The lowest BCUT2D eigenvalue weighted by Gasteiger charge is -2.15. The Bertz CT molecular complexity index is 833. The molecule has 0 aliphatic carbocycles. The molecule has 0 atom stereocenters. The molecule has 1 heterocycles. The number of fused-ring (bicyclic) bond motifs is 1. The van der Waals surface area contributed by atoms with Crippen LogP contribution in [0.1, 0.15) is 13.3 Å². The van der Waals surface area contributed by atoms with Crippen LogP contribution in [0, 0.1) is 0 Å². The average Bonchev–Trinajstić information content (AvgIpc) is 3.02. The van der Waals surface area contributed by atoms with E-state index in [1.54, 1.807) is 14.2 Å². The number of rotatable bonds is 6. The fourth-order valence-electron chi connectivity index (χ4n) is 2.53. The van der Waals surface area contributed by atoms with Gasteiger partial charge in [-0.1, -0.05) is 6.92 Å². The number of nitrogens with two attached hydrogens (primary N) is 1. The minimum absolute atomic E-state index is 0.593. The summed E-state index contributed by atoms with van der Waals surface area (Å²) in [6.07, 6.45) is 0.902. The summed E-state index contributed by atoms with van der Waals surface area (Å²) < 4.78 is 16.7. The topological polar surface area (TPSA) is 82.4 Å². The zero-order valence-electron chi connectivity index (χ0n) is 14.1. The number of hydrogen-bond donors (Lipinski definition) is 2. The normalized spacial score (nSPS) is 10.8. The van der Waals surface area contributed by atoms with Gasteiger partial charge in [0.15, 0.2) is 11.5 Å². The summed E-state index contributed by atoms with van der Waals surface area (Å²) in [6, 6.07) is 9.34. The number of hydrogen-bond acceptors (Lipinski definition) is 5. The summed E-state index contributed by atoms with van der Waals surface area (Å²) in [4.78, 5) is 7.88. The van der Waals surface area contributed by atoms with Crippen molar-refractivity contribution in [1.29, 1.82) is 0 Å². The molecule has 0 amide bonds. The molecule has 0 aliphatic rings. The maximum Gasteiger partial charge on any atom is 0.203 e. The third kappa shape index (κ3) is 2.95. The molecule has 1 aromatic heterocycles. The van der Waals surface area contributed by atoms with Crippen LogP contribution in [0.3, 0.4) is 0 Å². The molecule has 0 unspecified atom stereocenters. The second kappa shape index (κ2) is 6.70. The molecule has 0 aliphatic heterocycles. The minimum Gasteiger partial charge on any atom is -0.493 e. The Kier molecular flexibility index (Phi) is 4.46. The number of aromatic amines is 1. The zero-order chi connectivity index (χ0) is 17.1. The van der Waals surface area contributed by atoms with Gasteiger partial charge in [-0.25, -0.2) is 4.98 Å². The molecule has 0 saturated heterocycles. The maximum atomic E-state index is 5.83. The zero-order valence-corrected chi connectivity index (χ0v) is 14.1. The van der Waals surface area contributed by atoms with Crippen molar-refractivity contribution >= 4 is 16.7 Å². The van der Waals surface area contributed by atoms with Gasteiger partial charge in [0, 0.05) is 11.3 Å². The van der Waals surface area contributed by atoms with Gasteiger partial charge < -0.3 is 24.9 Å². The molecule has 3 N–H and O–H groups in total. The van der Waals surface area contributed by atoms with Gasteiger partial charge in [0.2, 0.25) is 5.75 Å². The number of benzene rings is 2. The van der Waals surface area contributed by atoms with Gasteiger partial charge in [0.25, 0.3) is 0 Å². The lowest BCUT2D eigenvalue weighted by molar-refractivity contribution is 0.275. The van der Waals surface area contributed by atoms with Gasteiger partial charge in [-0.15, -0.1) is 0 Å². The fraction of sp³-hybridized carbons (Fsp3) is 0.278. The Morgan fingerprint density at radius 1 is 1.08 bits per heavy atom. The van der Waals surface area contributed by atoms with E-state index in [9.17, 15) is 0 Å². The fourth-order valence-corrected chi connectivity index (χ4v) is 2.53. The van der Waals surface area contributed by atoms with E-state index in [2.05, 4.69) is 9.97 Å². The van der Waals surface area contributed by atoms with Gasteiger partial charge in [-0.05, 0) is 36.8 Å². The first-order valence-corrected chi connectivity index (χ1v) is 7.80. The van der Waals surface area contributed by atoms with Crippen molar-refractivity contribution in [3.05, 3.63) is 30.3 Å². The number of nitrogens with zero attached hydrogens (tertiary/aromatic N) is 1. The molecular formula is C18H21N3O3. The van der Waals surface area contributed by atoms with Crippen LogP contribution in [-0.2, 0) is 0 Å². The smallest absolute Gasteiger partial charge is 0.203 e. The second-order valence-corrected chi connectivity index (χ2v) is 5.42. The van der Waals surface area contributed by atoms with Gasteiger partial charge in [0.1, 0.15) is 5.82 Å². The van der Waals surface area contributed by atoms with E-state index in [-0.39, 0.29) is 0 Å². The van der Waals surface area contributed by atoms with E-state index in [0.29, 0.717) is 35.4 Å². The number of anilines is 1.